The molecule has 42 heavy (non-hydrogen) atoms. The number of aromatic hydroxyl groups is 1. The Morgan fingerprint density at radius 2 is 2.10 bits per heavy atom. The Balaban J connectivity index is 1.63. The van der Waals surface area contributed by atoms with Crippen molar-refractivity contribution in [3.8, 4) is 22.8 Å². The summed E-state index contributed by atoms with van der Waals surface area (Å²) in [5, 5.41) is 10.6. The van der Waals surface area contributed by atoms with E-state index in [2.05, 4.69) is 18.4 Å². The molecular weight excluding hydrogens is 565 g/mol. The quantitative estimate of drug-likeness (QED) is 0.482. The van der Waals surface area contributed by atoms with Gasteiger partial charge in [-0.2, -0.15) is 0 Å². The zero-order valence-electron chi connectivity index (χ0n) is 24.2. The number of pyridine rings is 1. The van der Waals surface area contributed by atoms with E-state index >= 15 is 4.39 Å². The van der Waals surface area contributed by atoms with Crippen molar-refractivity contribution in [1.29, 1.82) is 0 Å². The van der Waals surface area contributed by atoms with E-state index in [0.29, 0.717) is 45.0 Å². The third kappa shape index (κ3) is 5.52. The maximum atomic E-state index is 15.1. The van der Waals surface area contributed by atoms with Crippen molar-refractivity contribution in [3.05, 3.63) is 47.3 Å². The van der Waals surface area contributed by atoms with E-state index in [1.165, 1.54) is 24.3 Å². The van der Waals surface area contributed by atoms with E-state index in [-0.39, 0.29) is 69.9 Å². The number of hydrogen-bond donors (Lipinski definition) is 1. The Bertz CT molecular complexity index is 1360. The molecule has 3 aliphatic rings. The van der Waals surface area contributed by atoms with Crippen LogP contribution in [0.1, 0.15) is 30.1 Å². The molecule has 3 atom stereocenters. The number of phenols is 1. The van der Waals surface area contributed by atoms with E-state index in [1.807, 2.05) is 11.9 Å². The van der Waals surface area contributed by atoms with Crippen molar-refractivity contribution in [2.45, 2.75) is 37.9 Å². The van der Waals surface area contributed by atoms with Crippen LogP contribution in [-0.4, -0.2) is 115 Å². The average Bonchev–Trinajstić information content (AvgIpc) is 3.36. The van der Waals surface area contributed by atoms with Gasteiger partial charge >= 0.3 is 0 Å². The van der Waals surface area contributed by atoms with Gasteiger partial charge in [0.05, 0.1) is 24.8 Å². The lowest BCUT2D eigenvalue weighted by Crippen LogP contribution is -2.57. The molecule has 2 fully saturated rings. The van der Waals surface area contributed by atoms with Crippen LogP contribution in [0.25, 0.3) is 11.3 Å². The summed E-state index contributed by atoms with van der Waals surface area (Å²) < 4.78 is 26.6. The number of carbonyl (C=O) groups excluding carboxylic acids is 2. The maximum Gasteiger partial charge on any atom is 0.261 e. The molecule has 1 N–H and O–H groups in total. The number of amides is 2. The van der Waals surface area contributed by atoms with Gasteiger partial charge in [0.2, 0.25) is 5.91 Å². The first-order valence-corrected chi connectivity index (χ1v) is 14.6. The smallest absolute Gasteiger partial charge is 0.261 e. The standard InChI is InChI=1S/C30H37ClFN5O5/c1-5-23(39)35-10-11-36-19(16-35)9-13-42-28-25(30(36)40)29(37-17-20(15-18(37)2)34(3)12-14-41-4)33-27(26(28)31)24-21(32)7-6-8-22(24)38/h5-8,18-20,38H,1,9-17H2,2-4H3/t18-,19-,20?/m0/s1. The van der Waals surface area contributed by atoms with Crippen molar-refractivity contribution < 1.29 is 28.6 Å². The van der Waals surface area contributed by atoms with Crippen molar-refractivity contribution in [2.75, 3.05) is 65.0 Å². The van der Waals surface area contributed by atoms with Crippen LogP contribution in [0.15, 0.2) is 30.9 Å². The molecule has 1 aromatic carbocycles. The highest BCUT2D eigenvalue weighted by Crippen LogP contribution is 2.46. The van der Waals surface area contributed by atoms with E-state index in [4.69, 9.17) is 26.1 Å². The minimum atomic E-state index is -0.692. The lowest BCUT2D eigenvalue weighted by Gasteiger charge is -2.43. The summed E-state index contributed by atoms with van der Waals surface area (Å²) in [5.41, 5.74) is 0.0650. The number of piperazine rings is 1. The second-order valence-corrected chi connectivity index (χ2v) is 11.5. The third-order valence-corrected chi connectivity index (χ3v) is 8.89. The first-order chi connectivity index (χ1) is 20.2. The lowest BCUT2D eigenvalue weighted by molar-refractivity contribution is -0.128. The molecule has 226 valence electrons. The van der Waals surface area contributed by atoms with Crippen LogP contribution >= 0.6 is 11.6 Å². The van der Waals surface area contributed by atoms with E-state index in [0.717, 1.165) is 13.0 Å². The molecule has 2 saturated heterocycles. The number of likely N-dealkylation sites (N-methyl/N-ethyl adjacent to an activating group) is 1. The Morgan fingerprint density at radius 3 is 2.81 bits per heavy atom. The highest BCUT2D eigenvalue weighted by Gasteiger charge is 2.42. The maximum absolute atomic E-state index is 15.1. The van der Waals surface area contributed by atoms with Gasteiger partial charge in [0.15, 0.2) is 5.75 Å². The first kappa shape index (κ1) is 30.1. The van der Waals surface area contributed by atoms with Crippen LogP contribution in [0.3, 0.4) is 0 Å². The summed E-state index contributed by atoms with van der Waals surface area (Å²) in [6, 6.07) is 3.86. The van der Waals surface area contributed by atoms with E-state index in [9.17, 15) is 14.7 Å². The van der Waals surface area contributed by atoms with Crippen molar-refractivity contribution in [3.63, 3.8) is 0 Å². The van der Waals surface area contributed by atoms with Crippen molar-refractivity contribution in [2.24, 2.45) is 0 Å². The van der Waals surface area contributed by atoms with Crippen LogP contribution in [0, 0.1) is 5.82 Å². The number of aromatic nitrogens is 1. The monoisotopic (exact) mass is 601 g/mol. The van der Waals surface area contributed by atoms with Crippen molar-refractivity contribution >= 4 is 29.2 Å². The van der Waals surface area contributed by atoms with Crippen molar-refractivity contribution in [1.82, 2.24) is 19.7 Å². The number of halogens is 2. The summed E-state index contributed by atoms with van der Waals surface area (Å²) in [5.74, 6) is -1.05. The molecular formula is C30H37ClFN5O5. The summed E-state index contributed by atoms with van der Waals surface area (Å²) in [7, 11) is 3.70. The van der Waals surface area contributed by atoms with Gasteiger partial charge in [-0.1, -0.05) is 24.2 Å². The minimum Gasteiger partial charge on any atom is -0.507 e. The number of benzene rings is 1. The molecule has 3 aliphatic heterocycles. The van der Waals surface area contributed by atoms with Gasteiger partial charge in [-0.15, -0.1) is 0 Å². The highest BCUT2D eigenvalue weighted by atomic mass is 35.5. The number of ether oxygens (including phenoxy) is 2. The SMILES string of the molecule is C=CC(=O)N1CCN2C(=O)c3c(N4CC(N(C)CCOC)C[C@@H]4C)nc(-c4c(O)cccc4F)c(Cl)c3OCC[C@H]2C1. The second kappa shape index (κ2) is 12.4. The van der Waals surface area contributed by atoms with Crippen LogP contribution < -0.4 is 9.64 Å². The normalized spacial score (nSPS) is 22.4. The minimum absolute atomic E-state index is 0.00993. The molecule has 4 heterocycles. The fourth-order valence-corrected chi connectivity index (χ4v) is 6.44. The number of anilines is 1. The zero-order valence-corrected chi connectivity index (χ0v) is 24.9. The Labute approximate surface area is 250 Å². The fourth-order valence-electron chi connectivity index (χ4n) is 6.15. The number of phenolic OH excluding ortho intramolecular Hbond substituents is 1. The fraction of sp³-hybridized carbons (Fsp3) is 0.500. The lowest BCUT2D eigenvalue weighted by atomic mass is 10.0. The van der Waals surface area contributed by atoms with Gasteiger partial charge in [-0.3, -0.25) is 14.5 Å². The summed E-state index contributed by atoms with van der Waals surface area (Å²) in [6.45, 7) is 8.79. The molecule has 0 radical (unpaired) electrons. The second-order valence-electron chi connectivity index (χ2n) is 11.1. The Morgan fingerprint density at radius 1 is 1.31 bits per heavy atom. The average molecular weight is 602 g/mol. The summed E-state index contributed by atoms with van der Waals surface area (Å²) in [6.07, 6.45) is 2.55. The van der Waals surface area contributed by atoms with E-state index in [1.54, 1.807) is 16.9 Å². The highest BCUT2D eigenvalue weighted by molar-refractivity contribution is 6.35. The van der Waals surface area contributed by atoms with Crippen LogP contribution in [0.2, 0.25) is 5.02 Å². The van der Waals surface area contributed by atoms with Crippen LogP contribution in [-0.2, 0) is 9.53 Å². The summed E-state index contributed by atoms with van der Waals surface area (Å²) in [4.78, 5) is 39.3. The Kier molecular flexibility index (Phi) is 8.91. The Hall–Kier alpha value is -3.41. The molecule has 0 bridgehead atoms. The molecule has 0 spiro atoms. The number of methoxy groups -OCH3 is 1. The molecule has 2 aromatic rings. The predicted molar refractivity (Wildman–Crippen MR) is 158 cm³/mol. The molecule has 2 amide bonds. The van der Waals surface area contributed by atoms with Crippen LogP contribution in [0.4, 0.5) is 10.2 Å². The van der Waals surface area contributed by atoms with Gasteiger partial charge in [-0.05, 0) is 38.6 Å². The third-order valence-electron chi connectivity index (χ3n) is 8.54. The molecule has 0 saturated carbocycles. The van der Waals surface area contributed by atoms with Crippen LogP contribution in [0.5, 0.6) is 11.5 Å². The molecule has 1 aromatic heterocycles. The number of rotatable bonds is 7. The molecule has 1 unspecified atom stereocenters. The van der Waals surface area contributed by atoms with Gasteiger partial charge < -0.3 is 29.3 Å². The molecule has 5 rings (SSSR count). The van der Waals surface area contributed by atoms with Gasteiger partial charge in [0.1, 0.15) is 33.7 Å². The molecule has 10 nitrogen and oxygen atoms in total. The molecule has 0 aliphatic carbocycles. The van der Waals surface area contributed by atoms with E-state index < -0.39 is 5.82 Å². The molecule has 12 heteroatoms. The largest absolute Gasteiger partial charge is 0.507 e. The zero-order chi connectivity index (χ0) is 30.1. The van der Waals surface area contributed by atoms with Gasteiger partial charge in [0.25, 0.3) is 5.91 Å². The number of hydrogen-bond acceptors (Lipinski definition) is 8. The first-order valence-electron chi connectivity index (χ1n) is 14.2. The van der Waals surface area contributed by atoms with Gasteiger partial charge in [0, 0.05) is 58.3 Å². The number of nitrogens with zero attached hydrogens (tertiary/aromatic N) is 5. The number of fused-ring (bicyclic) bond motifs is 2. The summed E-state index contributed by atoms with van der Waals surface area (Å²) >= 11 is 6.87. The predicted octanol–water partition coefficient (Wildman–Crippen LogP) is 3.41. The topological polar surface area (TPSA) is 98.7 Å². The van der Waals surface area contributed by atoms with Gasteiger partial charge in [-0.25, -0.2) is 9.37 Å². The number of carbonyl (C=O) groups is 2.